The van der Waals surface area contributed by atoms with Crippen molar-refractivity contribution in [3.63, 3.8) is 0 Å². The van der Waals surface area contributed by atoms with E-state index in [1.165, 1.54) is 0 Å². The van der Waals surface area contributed by atoms with Crippen molar-refractivity contribution in [2.24, 2.45) is 0 Å². The predicted octanol–water partition coefficient (Wildman–Crippen LogP) is 4.93. The van der Waals surface area contributed by atoms with Crippen LogP contribution in [0.15, 0.2) is 60.0 Å². The van der Waals surface area contributed by atoms with Gasteiger partial charge in [0.25, 0.3) is 0 Å². The van der Waals surface area contributed by atoms with Crippen LogP contribution in [0.4, 0.5) is 26.3 Å². The summed E-state index contributed by atoms with van der Waals surface area (Å²) in [6, 6.07) is 9.90. The molecule has 0 atom stereocenters. The van der Waals surface area contributed by atoms with Gasteiger partial charge in [0.05, 0.1) is 24.3 Å². The van der Waals surface area contributed by atoms with Crippen molar-refractivity contribution in [2.45, 2.75) is 17.8 Å². The standard InChI is InChI=1S/C20H11F6NO4/c1-29-17(28)12-4-8-14(9-5-12)31-16-15(18(21,22)20(25,26)19(16,23)24)30-13-6-2-11(10-27)3-7-13/h2-9H,1H3. The van der Waals surface area contributed by atoms with Crippen molar-refractivity contribution in [1.82, 2.24) is 0 Å². The third-order valence-electron chi connectivity index (χ3n) is 4.26. The van der Waals surface area contributed by atoms with Crippen molar-refractivity contribution in [1.29, 1.82) is 5.26 Å². The summed E-state index contributed by atoms with van der Waals surface area (Å²) in [6.07, 6.45) is 0. The molecule has 0 radical (unpaired) electrons. The number of benzene rings is 2. The number of nitrogens with zero attached hydrogens (tertiary/aromatic N) is 1. The summed E-state index contributed by atoms with van der Waals surface area (Å²) in [5, 5.41) is 8.74. The Morgan fingerprint density at radius 3 is 1.61 bits per heavy atom. The lowest BCUT2D eigenvalue weighted by molar-refractivity contribution is -0.273. The average Bonchev–Trinajstić information content (AvgIpc) is 2.84. The normalized spacial score (nSPS) is 18.3. The van der Waals surface area contributed by atoms with Gasteiger partial charge in [0.2, 0.25) is 11.5 Å². The van der Waals surface area contributed by atoms with Gasteiger partial charge in [0, 0.05) is 0 Å². The van der Waals surface area contributed by atoms with E-state index < -0.39 is 46.8 Å². The van der Waals surface area contributed by atoms with Crippen molar-refractivity contribution < 1.29 is 45.3 Å². The van der Waals surface area contributed by atoms with E-state index in [4.69, 9.17) is 10.00 Å². The average molecular weight is 443 g/mol. The second-order valence-corrected chi connectivity index (χ2v) is 6.24. The van der Waals surface area contributed by atoms with Crippen LogP contribution in [0.5, 0.6) is 11.5 Å². The maximum atomic E-state index is 14.3. The summed E-state index contributed by atoms with van der Waals surface area (Å²) in [7, 11) is 1.09. The largest absolute Gasteiger partial charge is 0.465 e. The highest BCUT2D eigenvalue weighted by atomic mass is 19.3. The lowest BCUT2D eigenvalue weighted by Gasteiger charge is -2.24. The van der Waals surface area contributed by atoms with Crippen molar-refractivity contribution in [3.05, 3.63) is 71.2 Å². The highest BCUT2D eigenvalue weighted by molar-refractivity contribution is 5.89. The SMILES string of the molecule is COC(=O)c1ccc(OC2=C(Oc3ccc(C#N)cc3)C(F)(F)C(F)(F)C2(F)F)cc1. The fraction of sp³-hybridized carbons (Fsp3) is 0.200. The van der Waals surface area contributed by atoms with Crippen molar-refractivity contribution in [3.8, 4) is 17.6 Å². The molecule has 5 nitrogen and oxygen atoms in total. The number of methoxy groups -OCH3 is 1. The van der Waals surface area contributed by atoms with Gasteiger partial charge < -0.3 is 14.2 Å². The molecule has 0 aromatic heterocycles. The molecule has 0 spiro atoms. The molecule has 31 heavy (non-hydrogen) atoms. The third kappa shape index (κ3) is 3.54. The van der Waals surface area contributed by atoms with Crippen LogP contribution in [0.1, 0.15) is 15.9 Å². The van der Waals surface area contributed by atoms with Crippen LogP contribution in [0.25, 0.3) is 0 Å². The molecule has 0 N–H and O–H groups in total. The summed E-state index contributed by atoms with van der Waals surface area (Å²) in [5.74, 6) is -22.6. The number of nitriles is 1. The molecule has 0 bridgehead atoms. The number of carbonyl (C=O) groups excluding carboxylic acids is 1. The van der Waals surface area contributed by atoms with Crippen LogP contribution in [0, 0.1) is 11.3 Å². The number of allylic oxidation sites excluding steroid dienone is 2. The summed E-state index contributed by atoms with van der Waals surface area (Å²) >= 11 is 0. The zero-order valence-electron chi connectivity index (χ0n) is 15.5. The van der Waals surface area contributed by atoms with Crippen LogP contribution in [0.3, 0.4) is 0 Å². The summed E-state index contributed by atoms with van der Waals surface area (Å²) in [6.45, 7) is 0. The molecule has 2 aromatic carbocycles. The van der Waals surface area contributed by atoms with Crippen LogP contribution < -0.4 is 9.47 Å². The molecule has 2 aromatic rings. The van der Waals surface area contributed by atoms with Crippen LogP contribution in [-0.4, -0.2) is 30.8 Å². The van der Waals surface area contributed by atoms with E-state index in [-0.39, 0.29) is 11.1 Å². The van der Waals surface area contributed by atoms with E-state index in [1.54, 1.807) is 6.07 Å². The molecular formula is C20H11F6NO4. The minimum absolute atomic E-state index is 0.0215. The molecule has 0 unspecified atom stereocenters. The first-order valence-electron chi connectivity index (χ1n) is 8.38. The molecule has 1 aliphatic rings. The first kappa shape index (κ1) is 22.0. The monoisotopic (exact) mass is 443 g/mol. The first-order valence-corrected chi connectivity index (χ1v) is 8.38. The quantitative estimate of drug-likeness (QED) is 0.484. The molecule has 0 saturated heterocycles. The number of ether oxygens (including phenoxy) is 3. The van der Waals surface area contributed by atoms with E-state index in [2.05, 4.69) is 9.47 Å². The number of alkyl halides is 6. The molecule has 0 heterocycles. The van der Waals surface area contributed by atoms with Gasteiger partial charge in [-0.1, -0.05) is 0 Å². The zero-order valence-corrected chi connectivity index (χ0v) is 15.5. The van der Waals surface area contributed by atoms with Gasteiger partial charge in [0.15, 0.2) is 0 Å². The summed E-state index contributed by atoms with van der Waals surface area (Å²) in [5.41, 5.74) is 0.0732. The Morgan fingerprint density at radius 1 is 0.806 bits per heavy atom. The Bertz CT molecular complexity index is 1070. The maximum Gasteiger partial charge on any atom is 0.387 e. The number of rotatable bonds is 5. The first-order chi connectivity index (χ1) is 14.5. The van der Waals surface area contributed by atoms with Gasteiger partial charge in [0.1, 0.15) is 11.5 Å². The van der Waals surface area contributed by atoms with Gasteiger partial charge in [-0.3, -0.25) is 0 Å². The molecule has 0 amide bonds. The van der Waals surface area contributed by atoms with E-state index in [1.807, 2.05) is 0 Å². The topological polar surface area (TPSA) is 68.6 Å². The van der Waals surface area contributed by atoms with E-state index in [0.29, 0.717) is 0 Å². The molecule has 162 valence electrons. The van der Waals surface area contributed by atoms with Gasteiger partial charge in [-0.25, -0.2) is 4.79 Å². The van der Waals surface area contributed by atoms with Crippen LogP contribution in [-0.2, 0) is 4.74 Å². The Hall–Kier alpha value is -3.68. The fourth-order valence-corrected chi connectivity index (χ4v) is 2.60. The summed E-state index contributed by atoms with van der Waals surface area (Å²) < 4.78 is 98.8. The minimum atomic E-state index is -5.84. The Balaban J connectivity index is 2.04. The van der Waals surface area contributed by atoms with Gasteiger partial charge in [-0.05, 0) is 48.5 Å². The van der Waals surface area contributed by atoms with Gasteiger partial charge >= 0.3 is 23.7 Å². The highest BCUT2D eigenvalue weighted by Crippen LogP contribution is 2.59. The van der Waals surface area contributed by atoms with Crippen LogP contribution in [0.2, 0.25) is 0 Å². The lowest BCUT2D eigenvalue weighted by Crippen LogP contribution is -2.50. The molecule has 0 fully saturated rings. The van der Waals surface area contributed by atoms with Crippen molar-refractivity contribution >= 4 is 5.97 Å². The number of halogens is 6. The van der Waals surface area contributed by atoms with E-state index in [9.17, 15) is 31.1 Å². The second kappa shape index (κ2) is 7.54. The summed E-state index contributed by atoms with van der Waals surface area (Å²) in [4.78, 5) is 11.4. The van der Waals surface area contributed by atoms with E-state index in [0.717, 1.165) is 55.6 Å². The fourth-order valence-electron chi connectivity index (χ4n) is 2.60. The third-order valence-corrected chi connectivity index (χ3v) is 4.26. The Labute approximate surface area is 171 Å². The molecule has 1 aliphatic carbocycles. The molecular weight excluding hydrogens is 432 g/mol. The number of esters is 1. The minimum Gasteiger partial charge on any atom is -0.465 e. The second-order valence-electron chi connectivity index (χ2n) is 6.24. The van der Waals surface area contributed by atoms with Gasteiger partial charge in [-0.2, -0.15) is 31.6 Å². The Kier molecular flexibility index (Phi) is 5.35. The number of hydrogen-bond acceptors (Lipinski definition) is 5. The van der Waals surface area contributed by atoms with E-state index >= 15 is 0 Å². The zero-order chi connectivity index (χ0) is 23.0. The molecule has 0 saturated carbocycles. The number of carbonyl (C=O) groups is 1. The molecule has 0 aliphatic heterocycles. The van der Waals surface area contributed by atoms with Gasteiger partial charge in [-0.15, -0.1) is 0 Å². The highest BCUT2D eigenvalue weighted by Gasteiger charge is 2.83. The van der Waals surface area contributed by atoms with Crippen molar-refractivity contribution in [2.75, 3.05) is 7.11 Å². The molecule has 3 rings (SSSR count). The smallest absolute Gasteiger partial charge is 0.387 e. The maximum absolute atomic E-state index is 14.3. The predicted molar refractivity (Wildman–Crippen MR) is 92.1 cm³/mol. The molecule has 11 heteroatoms. The lowest BCUT2D eigenvalue weighted by atomic mass is 10.1. The van der Waals surface area contributed by atoms with Crippen LogP contribution >= 0.6 is 0 Å². The Morgan fingerprint density at radius 2 is 1.23 bits per heavy atom. The number of hydrogen-bond donors (Lipinski definition) is 0.